The van der Waals surface area contributed by atoms with E-state index in [1.54, 1.807) is 0 Å². The van der Waals surface area contributed by atoms with Gasteiger partial charge in [-0.2, -0.15) is 0 Å². The largest absolute Gasteiger partial charge is 0.634 e. The number of Topliss-reactive ketones (excluding diaryl/α,β-unsaturated/α-hetero) is 1. The molecule has 2 bridgehead atoms. The molecule has 0 spiro atoms. The fraction of sp³-hybridized carbons (Fsp3) is 0.632. The molecule has 4 atom stereocenters. The third-order valence-corrected chi connectivity index (χ3v) is 6.23. The van der Waals surface area contributed by atoms with Crippen LogP contribution in [-0.2, 0) is 16.6 Å². The summed E-state index contributed by atoms with van der Waals surface area (Å²) in [6.45, 7) is 3.43. The van der Waals surface area contributed by atoms with Crippen LogP contribution in [0.4, 0.5) is 0 Å². The molecule has 1 aliphatic heterocycles. The Morgan fingerprint density at radius 2 is 2.30 bits per heavy atom. The van der Waals surface area contributed by atoms with Gasteiger partial charge in [0.1, 0.15) is 11.5 Å². The Morgan fingerprint density at radius 3 is 3.13 bits per heavy atom. The van der Waals surface area contributed by atoms with Crippen LogP contribution in [0.25, 0.3) is 0 Å². The molecule has 1 unspecified atom stereocenters. The molecule has 0 aromatic heterocycles. The summed E-state index contributed by atoms with van der Waals surface area (Å²) in [4.78, 5) is 12.2. The molecular weight excluding hydrogens is 290 g/mol. The van der Waals surface area contributed by atoms with Gasteiger partial charge >= 0.3 is 0 Å². The van der Waals surface area contributed by atoms with Crippen LogP contribution in [-0.4, -0.2) is 25.0 Å². The number of hydrogen-bond acceptors (Lipinski definition) is 3. The Kier molecular flexibility index (Phi) is 3.69. The first kappa shape index (κ1) is 15.2. The van der Waals surface area contributed by atoms with Crippen molar-refractivity contribution in [3.05, 3.63) is 34.5 Å². The van der Waals surface area contributed by atoms with Gasteiger partial charge in [0, 0.05) is 42.6 Å². The molecular formula is C19H25NO3. The Labute approximate surface area is 137 Å². The predicted molar refractivity (Wildman–Crippen MR) is 87.6 cm³/mol. The van der Waals surface area contributed by atoms with Crippen molar-refractivity contribution in [3.63, 3.8) is 0 Å². The maximum atomic E-state index is 12.5. The van der Waals surface area contributed by atoms with Gasteiger partial charge in [-0.3, -0.25) is 4.79 Å². The second kappa shape index (κ2) is 5.60. The summed E-state index contributed by atoms with van der Waals surface area (Å²) < 4.78 is 5.96. The maximum Gasteiger partial charge on any atom is 0.133 e. The second-order valence-corrected chi connectivity index (χ2v) is 7.42. The van der Waals surface area contributed by atoms with Crippen molar-refractivity contribution in [1.29, 1.82) is 0 Å². The highest BCUT2D eigenvalue weighted by atomic mass is 16.5. The highest BCUT2D eigenvalue weighted by Crippen LogP contribution is 2.53. The molecule has 124 valence electrons. The van der Waals surface area contributed by atoms with Gasteiger partial charge in [-0.05, 0) is 24.5 Å². The first-order valence-corrected chi connectivity index (χ1v) is 8.95. The van der Waals surface area contributed by atoms with Crippen LogP contribution in [0.1, 0.15) is 50.2 Å². The van der Waals surface area contributed by atoms with E-state index in [0.717, 1.165) is 31.4 Å². The lowest BCUT2D eigenvalue weighted by Crippen LogP contribution is -3.15. The number of hydroxylamine groups is 2. The minimum Gasteiger partial charge on any atom is -0.634 e. The van der Waals surface area contributed by atoms with Gasteiger partial charge < -0.3 is 15.0 Å². The van der Waals surface area contributed by atoms with Gasteiger partial charge in [-0.1, -0.05) is 19.1 Å². The molecule has 1 N–H and O–H groups in total. The zero-order chi connectivity index (χ0) is 16.0. The molecule has 1 aromatic rings. The monoisotopic (exact) mass is 315 g/mol. The molecule has 0 amide bonds. The minimum atomic E-state index is -0.104. The lowest BCUT2D eigenvalue weighted by molar-refractivity contribution is -0.889. The third-order valence-electron chi connectivity index (χ3n) is 6.23. The van der Waals surface area contributed by atoms with Crippen molar-refractivity contribution in [2.75, 3.05) is 13.2 Å². The fourth-order valence-electron chi connectivity index (χ4n) is 5.28. The van der Waals surface area contributed by atoms with Crippen molar-refractivity contribution in [1.82, 2.24) is 0 Å². The van der Waals surface area contributed by atoms with Crippen LogP contribution in [0.3, 0.4) is 0 Å². The first-order chi connectivity index (χ1) is 11.2. The molecule has 4 nitrogen and oxygen atoms in total. The molecule has 2 aliphatic carbocycles. The maximum absolute atomic E-state index is 12.5. The Balaban J connectivity index is 1.83. The third kappa shape index (κ3) is 2.23. The van der Waals surface area contributed by atoms with Crippen LogP contribution in [0.2, 0.25) is 0 Å². The number of carbonyl (C=O) groups is 1. The molecule has 1 saturated carbocycles. The number of ketones is 1. The summed E-state index contributed by atoms with van der Waals surface area (Å²) in [5.74, 6) is 1.65. The number of piperidine rings is 1. The number of quaternary nitrogens is 1. The highest BCUT2D eigenvalue weighted by Gasteiger charge is 2.56. The van der Waals surface area contributed by atoms with E-state index in [1.807, 2.05) is 6.07 Å². The molecule has 2 fully saturated rings. The SMILES string of the molecule is CCCOc1cccc2c1C[C@@H]1[C@@H]3CCC(=O)C[C@]23CC[NH+]1[O-]. The molecule has 1 heterocycles. The van der Waals surface area contributed by atoms with Crippen molar-refractivity contribution in [2.24, 2.45) is 5.92 Å². The second-order valence-electron chi connectivity index (χ2n) is 7.42. The number of benzene rings is 1. The number of hydrogen-bond donors (Lipinski definition) is 1. The van der Waals surface area contributed by atoms with Crippen LogP contribution in [0.15, 0.2) is 18.2 Å². The topological polar surface area (TPSA) is 53.8 Å². The van der Waals surface area contributed by atoms with E-state index < -0.39 is 0 Å². The lowest BCUT2D eigenvalue weighted by atomic mass is 9.52. The van der Waals surface area contributed by atoms with Gasteiger partial charge in [0.25, 0.3) is 0 Å². The van der Waals surface area contributed by atoms with Crippen LogP contribution >= 0.6 is 0 Å². The van der Waals surface area contributed by atoms with Crippen LogP contribution in [0, 0.1) is 11.1 Å². The molecule has 1 aromatic carbocycles. The molecule has 3 aliphatic rings. The Morgan fingerprint density at radius 1 is 1.43 bits per heavy atom. The summed E-state index contributed by atoms with van der Waals surface area (Å²) in [6.07, 6.45) is 4.76. The number of rotatable bonds is 3. The van der Waals surface area contributed by atoms with E-state index in [-0.39, 0.29) is 11.5 Å². The van der Waals surface area contributed by atoms with Gasteiger partial charge in [0.2, 0.25) is 0 Å². The number of ether oxygens (including phenoxy) is 1. The van der Waals surface area contributed by atoms with E-state index in [2.05, 4.69) is 19.1 Å². The normalized spacial score (nSPS) is 35.4. The summed E-state index contributed by atoms with van der Waals surface area (Å²) >= 11 is 0. The van der Waals surface area contributed by atoms with Crippen molar-refractivity contribution in [2.45, 2.75) is 56.9 Å². The number of fused-ring (bicyclic) bond motifs is 1. The fourth-order valence-corrected chi connectivity index (χ4v) is 5.28. The predicted octanol–water partition coefficient (Wildman–Crippen LogP) is 1.79. The molecule has 4 rings (SSSR count). The van der Waals surface area contributed by atoms with E-state index in [9.17, 15) is 10.0 Å². The highest BCUT2D eigenvalue weighted by molar-refractivity contribution is 5.81. The van der Waals surface area contributed by atoms with Gasteiger partial charge in [-0.15, -0.1) is 0 Å². The number of nitrogens with one attached hydrogen (secondary N) is 1. The summed E-state index contributed by atoms with van der Waals surface area (Å²) in [6, 6.07) is 6.36. The zero-order valence-electron chi connectivity index (χ0n) is 13.8. The smallest absolute Gasteiger partial charge is 0.133 e. The van der Waals surface area contributed by atoms with E-state index in [1.165, 1.54) is 11.1 Å². The number of carbonyl (C=O) groups excluding carboxylic acids is 1. The zero-order valence-corrected chi connectivity index (χ0v) is 13.8. The van der Waals surface area contributed by atoms with Crippen LogP contribution < -0.4 is 9.80 Å². The molecule has 0 radical (unpaired) electrons. The molecule has 4 heteroatoms. The van der Waals surface area contributed by atoms with Crippen LogP contribution in [0.5, 0.6) is 5.75 Å². The Bertz CT molecular complexity index is 629. The van der Waals surface area contributed by atoms with E-state index in [4.69, 9.17) is 4.74 Å². The molecule has 23 heavy (non-hydrogen) atoms. The summed E-state index contributed by atoms with van der Waals surface area (Å²) in [5, 5.41) is 12.9. The van der Waals surface area contributed by atoms with Gasteiger partial charge in [0.15, 0.2) is 0 Å². The van der Waals surface area contributed by atoms with Gasteiger partial charge in [-0.25, -0.2) is 0 Å². The van der Waals surface area contributed by atoms with Gasteiger partial charge in [0.05, 0.1) is 19.2 Å². The Hall–Kier alpha value is -1.39. The molecule has 1 saturated heterocycles. The summed E-state index contributed by atoms with van der Waals surface area (Å²) in [5.41, 5.74) is 2.39. The standard InChI is InChI=1S/C19H25NO3/c1-2-10-23-18-5-3-4-15-14(18)11-17-16-7-6-13(21)12-19(15,16)8-9-20(17)22/h3-5,16-17,20H,2,6-12H2,1H3/t16-,17+,19+/m0/s1. The average Bonchev–Trinajstić information content (AvgIpc) is 2.56. The minimum absolute atomic E-state index is 0.0933. The summed E-state index contributed by atoms with van der Waals surface area (Å²) in [7, 11) is 0. The lowest BCUT2D eigenvalue weighted by Gasteiger charge is -2.57. The van der Waals surface area contributed by atoms with Crippen molar-refractivity contribution in [3.8, 4) is 5.75 Å². The average molecular weight is 315 g/mol. The quantitative estimate of drug-likeness (QED) is 0.865. The first-order valence-electron chi connectivity index (χ1n) is 8.95. The van der Waals surface area contributed by atoms with E-state index in [0.29, 0.717) is 42.8 Å². The van der Waals surface area contributed by atoms with Crippen molar-refractivity contribution >= 4 is 5.78 Å². The van der Waals surface area contributed by atoms with Crippen molar-refractivity contribution < 1.29 is 14.6 Å². The van der Waals surface area contributed by atoms with E-state index >= 15 is 0 Å².